The zero-order chi connectivity index (χ0) is 19.4. The average molecular weight is 472 g/mol. The summed E-state index contributed by atoms with van der Waals surface area (Å²) in [5.74, 6) is -0.327. The van der Waals surface area contributed by atoms with Gasteiger partial charge in [0.2, 0.25) is 15.9 Å². The molecule has 0 spiro atoms. The fraction of sp³-hybridized carbons (Fsp3) is 0.316. The fourth-order valence-electron chi connectivity index (χ4n) is 3.09. The highest BCUT2D eigenvalue weighted by Crippen LogP contribution is 2.27. The van der Waals surface area contributed by atoms with Crippen molar-refractivity contribution in [2.75, 3.05) is 18.4 Å². The lowest BCUT2D eigenvalue weighted by atomic mass is 9.97. The Balaban J connectivity index is 1.56. The van der Waals surface area contributed by atoms with Crippen molar-refractivity contribution in [1.29, 1.82) is 0 Å². The van der Waals surface area contributed by atoms with Gasteiger partial charge in [-0.25, -0.2) is 12.7 Å². The van der Waals surface area contributed by atoms with Crippen LogP contribution in [0.25, 0.3) is 0 Å². The molecule has 27 heavy (non-hydrogen) atoms. The molecule has 0 atom stereocenters. The number of carbonyl (C=O) groups is 1. The summed E-state index contributed by atoms with van der Waals surface area (Å²) in [4.78, 5) is 12.5. The van der Waals surface area contributed by atoms with Gasteiger partial charge in [0, 0.05) is 29.2 Å². The molecule has 5 nitrogen and oxygen atoms in total. The first-order valence-electron chi connectivity index (χ1n) is 8.63. The smallest absolute Gasteiger partial charge is 0.227 e. The molecule has 1 heterocycles. The summed E-state index contributed by atoms with van der Waals surface area (Å²) in [5, 5.41) is 3.38. The predicted molar refractivity (Wildman–Crippen MR) is 111 cm³/mol. The quantitative estimate of drug-likeness (QED) is 0.708. The summed E-state index contributed by atoms with van der Waals surface area (Å²) < 4.78 is 27.4. The van der Waals surface area contributed by atoms with Gasteiger partial charge in [0.05, 0.1) is 10.8 Å². The lowest BCUT2D eigenvalue weighted by Crippen LogP contribution is -2.41. The van der Waals surface area contributed by atoms with E-state index in [4.69, 9.17) is 11.6 Å². The summed E-state index contributed by atoms with van der Waals surface area (Å²) in [6, 6.07) is 14.4. The number of piperidine rings is 1. The van der Waals surface area contributed by atoms with Gasteiger partial charge in [-0.05, 0) is 52.5 Å². The predicted octanol–water partition coefficient (Wildman–Crippen LogP) is 4.28. The highest BCUT2D eigenvalue weighted by atomic mass is 79.9. The molecule has 1 aliphatic rings. The molecule has 0 aromatic heterocycles. The third kappa shape index (κ3) is 5.31. The minimum Gasteiger partial charge on any atom is -0.326 e. The number of benzene rings is 2. The van der Waals surface area contributed by atoms with Crippen molar-refractivity contribution in [3.63, 3.8) is 0 Å². The van der Waals surface area contributed by atoms with E-state index in [9.17, 15) is 13.2 Å². The number of nitrogens with zero attached hydrogens (tertiary/aromatic N) is 1. The number of nitrogens with one attached hydrogen (secondary N) is 1. The van der Waals surface area contributed by atoms with Crippen LogP contribution in [0.2, 0.25) is 5.02 Å². The molecule has 0 aliphatic carbocycles. The molecule has 144 valence electrons. The number of hydrogen-bond acceptors (Lipinski definition) is 3. The van der Waals surface area contributed by atoms with Crippen molar-refractivity contribution in [3.8, 4) is 0 Å². The van der Waals surface area contributed by atoms with E-state index in [0.29, 0.717) is 36.6 Å². The van der Waals surface area contributed by atoms with Gasteiger partial charge in [-0.3, -0.25) is 4.79 Å². The van der Waals surface area contributed by atoms with Crippen molar-refractivity contribution < 1.29 is 13.2 Å². The van der Waals surface area contributed by atoms with Gasteiger partial charge in [-0.2, -0.15) is 0 Å². The molecule has 1 amide bonds. The number of halogens is 2. The van der Waals surface area contributed by atoms with Crippen LogP contribution in [0.3, 0.4) is 0 Å². The summed E-state index contributed by atoms with van der Waals surface area (Å²) in [7, 11) is -3.38. The third-order valence-electron chi connectivity index (χ3n) is 4.60. The van der Waals surface area contributed by atoms with Crippen LogP contribution in [-0.4, -0.2) is 31.7 Å². The lowest BCUT2D eigenvalue weighted by molar-refractivity contribution is -0.120. The number of anilines is 1. The van der Waals surface area contributed by atoms with Crippen molar-refractivity contribution in [2.45, 2.75) is 18.6 Å². The Labute approximate surface area is 172 Å². The third-order valence-corrected chi connectivity index (χ3v) is 7.68. The van der Waals surface area contributed by atoms with E-state index in [1.165, 1.54) is 4.31 Å². The topological polar surface area (TPSA) is 66.5 Å². The van der Waals surface area contributed by atoms with Gasteiger partial charge in [0.15, 0.2) is 0 Å². The molecular formula is C19H20BrClN2O3S. The molecule has 2 aromatic rings. The van der Waals surface area contributed by atoms with Crippen LogP contribution in [0, 0.1) is 5.92 Å². The fourth-order valence-corrected chi connectivity index (χ4v) is 5.08. The Morgan fingerprint density at radius 1 is 1.15 bits per heavy atom. The Morgan fingerprint density at radius 2 is 1.81 bits per heavy atom. The SMILES string of the molecule is O=C(Nc1ccc(Br)c(Cl)c1)C1CCN(S(=O)(=O)Cc2ccccc2)CC1. The van der Waals surface area contributed by atoms with Crippen LogP contribution >= 0.6 is 27.5 Å². The Bertz CT molecular complexity index is 914. The van der Waals surface area contributed by atoms with Crippen LogP contribution in [-0.2, 0) is 20.6 Å². The molecule has 0 bridgehead atoms. The lowest BCUT2D eigenvalue weighted by Gasteiger charge is -2.30. The normalized spacial score (nSPS) is 16.2. The molecule has 1 aliphatic heterocycles. The van der Waals surface area contributed by atoms with Gasteiger partial charge >= 0.3 is 0 Å². The zero-order valence-corrected chi connectivity index (χ0v) is 17.7. The molecular weight excluding hydrogens is 452 g/mol. The molecule has 1 fully saturated rings. The Hall–Kier alpha value is -1.41. The van der Waals surface area contributed by atoms with Crippen LogP contribution in [0.1, 0.15) is 18.4 Å². The van der Waals surface area contributed by atoms with E-state index in [-0.39, 0.29) is 17.6 Å². The van der Waals surface area contributed by atoms with Gasteiger partial charge < -0.3 is 5.32 Å². The Kier molecular flexibility index (Phi) is 6.57. The highest BCUT2D eigenvalue weighted by molar-refractivity contribution is 9.10. The van der Waals surface area contributed by atoms with Gasteiger partial charge in [0.25, 0.3) is 0 Å². The summed E-state index contributed by atoms with van der Waals surface area (Å²) in [6.07, 6.45) is 1.01. The number of carbonyl (C=O) groups excluding carboxylic acids is 1. The second kappa shape index (κ2) is 8.73. The summed E-state index contributed by atoms with van der Waals surface area (Å²) in [6.45, 7) is 0.711. The number of rotatable bonds is 5. The first kappa shape index (κ1) is 20.3. The van der Waals surface area contributed by atoms with E-state index in [2.05, 4.69) is 21.2 Å². The number of amides is 1. The van der Waals surface area contributed by atoms with E-state index >= 15 is 0 Å². The molecule has 0 unspecified atom stereocenters. The largest absolute Gasteiger partial charge is 0.326 e. The van der Waals surface area contributed by atoms with Gasteiger partial charge in [-0.1, -0.05) is 41.9 Å². The maximum Gasteiger partial charge on any atom is 0.227 e. The maximum atomic E-state index is 12.6. The Morgan fingerprint density at radius 3 is 2.44 bits per heavy atom. The average Bonchev–Trinajstić information content (AvgIpc) is 2.65. The summed E-state index contributed by atoms with van der Waals surface area (Å²) in [5.41, 5.74) is 1.40. The summed E-state index contributed by atoms with van der Waals surface area (Å²) >= 11 is 9.36. The maximum absolute atomic E-state index is 12.6. The van der Waals surface area contributed by atoms with Crippen LogP contribution in [0.5, 0.6) is 0 Å². The minimum atomic E-state index is -3.38. The van der Waals surface area contributed by atoms with Crippen LogP contribution in [0.15, 0.2) is 53.0 Å². The molecule has 0 saturated carbocycles. The monoisotopic (exact) mass is 470 g/mol. The second-order valence-electron chi connectivity index (χ2n) is 6.53. The molecule has 8 heteroatoms. The van der Waals surface area contributed by atoms with E-state index in [1.54, 1.807) is 30.3 Å². The standard InChI is InChI=1S/C19H20BrClN2O3S/c20-17-7-6-16(12-18(17)21)22-19(24)15-8-10-23(11-9-15)27(25,26)13-14-4-2-1-3-5-14/h1-7,12,15H,8-11,13H2,(H,22,24). The van der Waals surface area contributed by atoms with Gasteiger partial charge in [0.1, 0.15) is 0 Å². The number of sulfonamides is 1. The first-order chi connectivity index (χ1) is 12.8. The molecule has 1 N–H and O–H groups in total. The zero-order valence-electron chi connectivity index (χ0n) is 14.6. The molecule has 0 radical (unpaired) electrons. The van der Waals surface area contributed by atoms with E-state index in [0.717, 1.165) is 10.0 Å². The number of hydrogen-bond donors (Lipinski definition) is 1. The van der Waals surface area contributed by atoms with Gasteiger partial charge in [-0.15, -0.1) is 0 Å². The van der Waals surface area contributed by atoms with E-state index < -0.39 is 10.0 Å². The second-order valence-corrected chi connectivity index (χ2v) is 9.76. The van der Waals surface area contributed by atoms with Crippen LogP contribution in [0.4, 0.5) is 5.69 Å². The highest BCUT2D eigenvalue weighted by Gasteiger charge is 2.31. The van der Waals surface area contributed by atoms with Crippen molar-refractivity contribution >= 4 is 49.1 Å². The molecule has 1 saturated heterocycles. The van der Waals surface area contributed by atoms with Crippen molar-refractivity contribution in [2.24, 2.45) is 5.92 Å². The van der Waals surface area contributed by atoms with Crippen LogP contribution < -0.4 is 5.32 Å². The molecule has 3 rings (SSSR count). The molecule has 2 aromatic carbocycles. The first-order valence-corrected chi connectivity index (χ1v) is 11.4. The van der Waals surface area contributed by atoms with Crippen molar-refractivity contribution in [3.05, 3.63) is 63.6 Å². The van der Waals surface area contributed by atoms with Crippen molar-refractivity contribution in [1.82, 2.24) is 4.31 Å². The minimum absolute atomic E-state index is 0.0118. The van der Waals surface area contributed by atoms with E-state index in [1.807, 2.05) is 18.2 Å².